The number of carbonyl (C=O) groups excluding carboxylic acids is 1. The van der Waals surface area contributed by atoms with E-state index in [1.54, 1.807) is 11.8 Å². The zero-order chi connectivity index (χ0) is 17.9. The Hall–Kier alpha value is -2.38. The number of terminal acetylenes is 1. The summed E-state index contributed by atoms with van der Waals surface area (Å²) in [6, 6.07) is 18.0. The fourth-order valence-corrected chi connectivity index (χ4v) is 3.09. The summed E-state index contributed by atoms with van der Waals surface area (Å²) in [6.45, 7) is 2.84. The molecule has 2 aromatic carbocycles. The van der Waals surface area contributed by atoms with Gasteiger partial charge in [0, 0.05) is 12.3 Å². The summed E-state index contributed by atoms with van der Waals surface area (Å²) in [5.41, 5.74) is 2.39. The van der Waals surface area contributed by atoms with Crippen LogP contribution in [0.15, 0.2) is 54.6 Å². The third-order valence-electron chi connectivity index (χ3n) is 3.67. The molecule has 2 rings (SSSR count). The zero-order valence-electron chi connectivity index (χ0n) is 14.4. The molecular weight excluding hydrogens is 330 g/mol. The lowest BCUT2D eigenvalue weighted by Gasteiger charge is -2.12. The Morgan fingerprint density at radius 2 is 1.88 bits per heavy atom. The Bertz CT molecular complexity index is 692. The van der Waals surface area contributed by atoms with Gasteiger partial charge in [-0.2, -0.15) is 0 Å². The number of thioether (sulfide) groups is 1. The summed E-state index contributed by atoms with van der Waals surface area (Å²) in [7, 11) is 0. The largest absolute Gasteiger partial charge is 0.481 e. The second kappa shape index (κ2) is 10.5. The number of carbonyl (C=O) groups is 1. The van der Waals surface area contributed by atoms with Crippen molar-refractivity contribution in [3.8, 4) is 18.1 Å². The van der Waals surface area contributed by atoms with Gasteiger partial charge in [0.2, 0.25) is 5.91 Å². The first-order valence-corrected chi connectivity index (χ1v) is 9.32. The molecule has 0 aromatic heterocycles. The first kappa shape index (κ1) is 19.0. The molecule has 0 saturated heterocycles. The summed E-state index contributed by atoms with van der Waals surface area (Å²) in [6.07, 6.45) is 5.95. The molecule has 25 heavy (non-hydrogen) atoms. The minimum atomic E-state index is -0.0697. The maximum absolute atomic E-state index is 12.2. The van der Waals surface area contributed by atoms with Crippen molar-refractivity contribution >= 4 is 17.7 Å². The van der Waals surface area contributed by atoms with E-state index in [0.29, 0.717) is 6.54 Å². The van der Waals surface area contributed by atoms with E-state index < -0.39 is 0 Å². The number of amides is 1. The van der Waals surface area contributed by atoms with Crippen molar-refractivity contribution in [2.24, 2.45) is 0 Å². The van der Waals surface area contributed by atoms with Crippen LogP contribution in [0.1, 0.15) is 18.1 Å². The minimum absolute atomic E-state index is 0.0697. The maximum Gasteiger partial charge on any atom is 0.232 e. The van der Waals surface area contributed by atoms with Gasteiger partial charge in [-0.05, 0) is 36.6 Å². The number of ether oxygens (including phenoxy) is 1. The van der Waals surface area contributed by atoms with Gasteiger partial charge in [-0.25, -0.2) is 0 Å². The molecule has 1 N–H and O–H groups in total. The SMILES string of the molecule is C#CCOc1ccc(CCNC(=O)C(C)SCc2ccccc2)cc1. The second-order valence-electron chi connectivity index (χ2n) is 5.62. The number of hydrogen-bond acceptors (Lipinski definition) is 3. The highest BCUT2D eigenvalue weighted by atomic mass is 32.2. The Kier molecular flexibility index (Phi) is 7.94. The van der Waals surface area contributed by atoms with Crippen LogP contribution >= 0.6 is 11.8 Å². The minimum Gasteiger partial charge on any atom is -0.481 e. The lowest BCUT2D eigenvalue weighted by molar-refractivity contribution is -0.120. The van der Waals surface area contributed by atoms with Gasteiger partial charge in [-0.1, -0.05) is 48.4 Å². The molecular formula is C21H23NO2S. The van der Waals surface area contributed by atoms with Crippen molar-refractivity contribution in [3.05, 3.63) is 65.7 Å². The van der Waals surface area contributed by atoms with Crippen LogP contribution in [-0.4, -0.2) is 24.3 Å². The highest BCUT2D eigenvalue weighted by Gasteiger charge is 2.12. The summed E-state index contributed by atoms with van der Waals surface area (Å²) in [5.74, 6) is 4.12. The van der Waals surface area contributed by atoms with E-state index in [0.717, 1.165) is 23.5 Å². The average molecular weight is 353 g/mol. The molecule has 0 spiro atoms. The van der Waals surface area contributed by atoms with Gasteiger partial charge in [0.25, 0.3) is 0 Å². The Labute approximate surface area is 154 Å². The van der Waals surface area contributed by atoms with E-state index in [9.17, 15) is 4.79 Å². The van der Waals surface area contributed by atoms with Crippen LogP contribution < -0.4 is 10.1 Å². The Morgan fingerprint density at radius 1 is 1.16 bits per heavy atom. The Balaban J connectivity index is 1.68. The number of nitrogens with one attached hydrogen (secondary N) is 1. The number of rotatable bonds is 9. The standard InChI is InChI=1S/C21H23NO2S/c1-3-15-24-20-11-9-18(10-12-20)13-14-22-21(23)17(2)25-16-19-7-5-4-6-8-19/h1,4-12,17H,13-16H2,2H3,(H,22,23). The van der Waals surface area contributed by atoms with Crippen molar-refractivity contribution in [2.75, 3.05) is 13.2 Å². The third kappa shape index (κ3) is 6.94. The molecule has 0 fully saturated rings. The summed E-state index contributed by atoms with van der Waals surface area (Å²) < 4.78 is 5.34. The first-order chi connectivity index (χ1) is 12.2. The third-order valence-corrected chi connectivity index (χ3v) is 4.88. The first-order valence-electron chi connectivity index (χ1n) is 8.27. The van der Waals surface area contributed by atoms with Crippen LogP contribution in [0.4, 0.5) is 0 Å². The highest BCUT2D eigenvalue weighted by molar-refractivity contribution is 7.99. The van der Waals surface area contributed by atoms with E-state index in [1.165, 1.54) is 5.56 Å². The molecule has 1 atom stereocenters. The van der Waals surface area contributed by atoms with Crippen molar-refractivity contribution in [2.45, 2.75) is 24.3 Å². The fourth-order valence-electron chi connectivity index (χ4n) is 2.22. The molecule has 4 heteroatoms. The quantitative estimate of drug-likeness (QED) is 0.699. The molecule has 0 bridgehead atoms. The van der Waals surface area contributed by atoms with Gasteiger partial charge < -0.3 is 10.1 Å². The normalized spacial score (nSPS) is 11.4. The van der Waals surface area contributed by atoms with Gasteiger partial charge in [0.15, 0.2) is 0 Å². The molecule has 0 aliphatic rings. The lowest BCUT2D eigenvalue weighted by Crippen LogP contribution is -2.32. The second-order valence-corrected chi connectivity index (χ2v) is 6.95. The Morgan fingerprint density at radius 3 is 2.56 bits per heavy atom. The molecule has 0 aliphatic heterocycles. The van der Waals surface area contributed by atoms with E-state index in [-0.39, 0.29) is 17.8 Å². The van der Waals surface area contributed by atoms with Crippen LogP contribution in [-0.2, 0) is 17.0 Å². The summed E-state index contributed by atoms with van der Waals surface area (Å²) in [5, 5.41) is 2.93. The average Bonchev–Trinajstić information content (AvgIpc) is 2.66. The van der Waals surface area contributed by atoms with Crippen LogP contribution in [0, 0.1) is 12.3 Å². The smallest absolute Gasteiger partial charge is 0.232 e. The number of benzene rings is 2. The van der Waals surface area contributed by atoms with Gasteiger partial charge in [-0.3, -0.25) is 4.79 Å². The lowest BCUT2D eigenvalue weighted by atomic mass is 10.1. The van der Waals surface area contributed by atoms with Crippen molar-refractivity contribution in [1.29, 1.82) is 0 Å². The van der Waals surface area contributed by atoms with Crippen LogP contribution in [0.5, 0.6) is 5.75 Å². The summed E-state index contributed by atoms with van der Waals surface area (Å²) in [4.78, 5) is 12.2. The predicted molar refractivity (Wildman–Crippen MR) is 105 cm³/mol. The van der Waals surface area contributed by atoms with Crippen LogP contribution in [0.3, 0.4) is 0 Å². The maximum atomic E-state index is 12.2. The van der Waals surface area contributed by atoms with E-state index in [1.807, 2.05) is 49.4 Å². The van der Waals surface area contributed by atoms with Crippen LogP contribution in [0.2, 0.25) is 0 Å². The molecule has 1 amide bonds. The van der Waals surface area contributed by atoms with Gasteiger partial charge in [-0.15, -0.1) is 18.2 Å². The van der Waals surface area contributed by atoms with Gasteiger partial charge >= 0.3 is 0 Å². The highest BCUT2D eigenvalue weighted by Crippen LogP contribution is 2.17. The molecule has 0 saturated carbocycles. The van der Waals surface area contributed by atoms with Crippen molar-refractivity contribution in [3.63, 3.8) is 0 Å². The molecule has 0 aliphatic carbocycles. The summed E-state index contributed by atoms with van der Waals surface area (Å²) >= 11 is 1.65. The molecule has 2 aromatic rings. The molecule has 0 radical (unpaired) electrons. The predicted octanol–water partition coefficient (Wildman–Crippen LogP) is 3.68. The zero-order valence-corrected chi connectivity index (χ0v) is 15.2. The number of hydrogen-bond donors (Lipinski definition) is 1. The van der Waals surface area contributed by atoms with E-state index in [2.05, 4.69) is 23.4 Å². The van der Waals surface area contributed by atoms with Crippen molar-refractivity contribution < 1.29 is 9.53 Å². The van der Waals surface area contributed by atoms with Crippen LogP contribution in [0.25, 0.3) is 0 Å². The topological polar surface area (TPSA) is 38.3 Å². The monoisotopic (exact) mass is 353 g/mol. The van der Waals surface area contributed by atoms with E-state index >= 15 is 0 Å². The van der Waals surface area contributed by atoms with Gasteiger partial charge in [0.05, 0.1) is 5.25 Å². The molecule has 3 nitrogen and oxygen atoms in total. The molecule has 130 valence electrons. The van der Waals surface area contributed by atoms with Gasteiger partial charge in [0.1, 0.15) is 12.4 Å². The fraction of sp³-hybridized carbons (Fsp3) is 0.286. The molecule has 1 unspecified atom stereocenters. The molecule has 0 heterocycles. The van der Waals surface area contributed by atoms with Crippen molar-refractivity contribution in [1.82, 2.24) is 5.32 Å². The van der Waals surface area contributed by atoms with E-state index in [4.69, 9.17) is 11.2 Å².